The van der Waals surface area contributed by atoms with Crippen LogP contribution in [0.2, 0.25) is 0 Å². The van der Waals surface area contributed by atoms with E-state index in [1.54, 1.807) is 5.38 Å². The Morgan fingerprint density at radius 3 is 3.06 bits per heavy atom. The zero-order valence-electron chi connectivity index (χ0n) is 9.40. The molecule has 0 radical (unpaired) electrons. The Kier molecular flexibility index (Phi) is 3.56. The molecule has 1 amide bonds. The minimum Gasteiger partial charge on any atom is -0.348 e. The van der Waals surface area contributed by atoms with E-state index in [0.29, 0.717) is 18.3 Å². The van der Waals surface area contributed by atoms with Gasteiger partial charge in [-0.15, -0.1) is 11.3 Å². The van der Waals surface area contributed by atoms with Gasteiger partial charge >= 0.3 is 0 Å². The molecule has 1 aliphatic carbocycles. The zero-order valence-corrected chi connectivity index (χ0v) is 10.2. The molecule has 2 rings (SSSR count). The van der Waals surface area contributed by atoms with E-state index < -0.39 is 0 Å². The summed E-state index contributed by atoms with van der Waals surface area (Å²) in [6.07, 6.45) is 3.37. The molecule has 1 aromatic heterocycles. The van der Waals surface area contributed by atoms with Gasteiger partial charge in [0.2, 0.25) is 0 Å². The summed E-state index contributed by atoms with van der Waals surface area (Å²) in [5, 5.41) is 5.61. The van der Waals surface area contributed by atoms with Crippen molar-refractivity contribution in [3.63, 3.8) is 0 Å². The van der Waals surface area contributed by atoms with E-state index in [9.17, 15) is 4.79 Å². The van der Waals surface area contributed by atoms with Gasteiger partial charge in [0, 0.05) is 18.0 Å². The fourth-order valence-corrected chi connectivity index (χ4v) is 2.76. The van der Waals surface area contributed by atoms with Gasteiger partial charge in [-0.25, -0.2) is 4.98 Å². The largest absolute Gasteiger partial charge is 0.348 e. The Bertz CT molecular complexity index is 377. The standard InChI is InChI=1S/C11H17N3OS/c1-7-2-3-8(4-7)13-11(15)9-6-16-10(5-12)14-9/h6-8H,2-5,12H2,1H3,(H,13,15). The van der Waals surface area contributed by atoms with Gasteiger partial charge < -0.3 is 11.1 Å². The van der Waals surface area contributed by atoms with E-state index >= 15 is 0 Å². The predicted octanol–water partition coefficient (Wildman–Crippen LogP) is 1.52. The van der Waals surface area contributed by atoms with Crippen LogP contribution in [0.25, 0.3) is 0 Å². The second-order valence-electron chi connectivity index (χ2n) is 4.42. The van der Waals surface area contributed by atoms with Crippen LogP contribution in [0.5, 0.6) is 0 Å². The summed E-state index contributed by atoms with van der Waals surface area (Å²) in [5.41, 5.74) is 5.97. The topological polar surface area (TPSA) is 68.0 Å². The van der Waals surface area contributed by atoms with E-state index in [4.69, 9.17) is 5.73 Å². The number of nitrogens with two attached hydrogens (primary N) is 1. The maximum Gasteiger partial charge on any atom is 0.270 e. The average molecular weight is 239 g/mol. The summed E-state index contributed by atoms with van der Waals surface area (Å²) in [7, 11) is 0. The van der Waals surface area contributed by atoms with Gasteiger partial charge in [-0.3, -0.25) is 4.79 Å². The Labute approximate surface area is 99.3 Å². The molecule has 1 heterocycles. The van der Waals surface area contributed by atoms with Crippen LogP contribution in [-0.4, -0.2) is 16.9 Å². The Hall–Kier alpha value is -0.940. The minimum absolute atomic E-state index is 0.0601. The van der Waals surface area contributed by atoms with Gasteiger partial charge in [-0.05, 0) is 25.2 Å². The normalized spacial score (nSPS) is 24.6. The van der Waals surface area contributed by atoms with E-state index in [-0.39, 0.29) is 5.91 Å². The van der Waals surface area contributed by atoms with Crippen molar-refractivity contribution in [1.29, 1.82) is 0 Å². The summed E-state index contributed by atoms with van der Waals surface area (Å²) < 4.78 is 0. The molecule has 3 N–H and O–H groups in total. The zero-order chi connectivity index (χ0) is 11.5. The van der Waals surface area contributed by atoms with Crippen molar-refractivity contribution < 1.29 is 4.79 Å². The monoisotopic (exact) mass is 239 g/mol. The molecule has 0 bridgehead atoms. The highest BCUT2D eigenvalue weighted by atomic mass is 32.1. The molecule has 88 valence electrons. The summed E-state index contributed by atoms with van der Waals surface area (Å²) in [6.45, 7) is 2.62. The number of rotatable bonds is 3. The van der Waals surface area contributed by atoms with E-state index in [1.165, 1.54) is 17.8 Å². The number of aromatic nitrogens is 1. The third-order valence-electron chi connectivity index (χ3n) is 2.99. The molecule has 0 aromatic carbocycles. The minimum atomic E-state index is -0.0601. The summed E-state index contributed by atoms with van der Waals surface area (Å²) in [6, 6.07) is 0.325. The van der Waals surface area contributed by atoms with Crippen LogP contribution in [0.4, 0.5) is 0 Å². The van der Waals surface area contributed by atoms with Gasteiger partial charge in [-0.1, -0.05) is 6.92 Å². The van der Waals surface area contributed by atoms with E-state index in [0.717, 1.165) is 23.8 Å². The lowest BCUT2D eigenvalue weighted by Crippen LogP contribution is -2.33. The second-order valence-corrected chi connectivity index (χ2v) is 5.36. The fourth-order valence-electron chi connectivity index (χ4n) is 2.11. The summed E-state index contributed by atoms with van der Waals surface area (Å²) in [5.74, 6) is 0.662. The lowest BCUT2D eigenvalue weighted by molar-refractivity contribution is 0.0933. The first-order valence-electron chi connectivity index (χ1n) is 5.64. The van der Waals surface area contributed by atoms with Gasteiger partial charge in [-0.2, -0.15) is 0 Å². The average Bonchev–Trinajstić information content (AvgIpc) is 2.87. The fraction of sp³-hybridized carbons (Fsp3) is 0.636. The first-order valence-corrected chi connectivity index (χ1v) is 6.52. The van der Waals surface area contributed by atoms with Crippen molar-refractivity contribution in [1.82, 2.24) is 10.3 Å². The molecule has 1 saturated carbocycles. The number of hydrogen-bond acceptors (Lipinski definition) is 4. The Morgan fingerprint density at radius 2 is 2.50 bits per heavy atom. The molecule has 0 aliphatic heterocycles. The number of carbonyl (C=O) groups is 1. The Balaban J connectivity index is 1.92. The van der Waals surface area contributed by atoms with Crippen molar-refractivity contribution in [3.8, 4) is 0 Å². The molecule has 5 heteroatoms. The molecular formula is C11H17N3OS. The third kappa shape index (κ3) is 2.59. The molecule has 16 heavy (non-hydrogen) atoms. The van der Waals surface area contributed by atoms with Crippen LogP contribution in [0, 0.1) is 5.92 Å². The molecule has 1 aliphatic rings. The smallest absolute Gasteiger partial charge is 0.270 e. The van der Waals surface area contributed by atoms with Crippen molar-refractivity contribution in [2.75, 3.05) is 0 Å². The number of amides is 1. The highest BCUT2D eigenvalue weighted by Crippen LogP contribution is 2.24. The van der Waals surface area contributed by atoms with Crippen molar-refractivity contribution in [2.24, 2.45) is 11.7 Å². The molecule has 2 unspecified atom stereocenters. The van der Waals surface area contributed by atoms with Gasteiger partial charge in [0.1, 0.15) is 10.7 Å². The van der Waals surface area contributed by atoms with E-state index in [2.05, 4.69) is 17.2 Å². The lowest BCUT2D eigenvalue weighted by Gasteiger charge is -2.10. The predicted molar refractivity (Wildman–Crippen MR) is 64.3 cm³/mol. The van der Waals surface area contributed by atoms with Gasteiger partial charge in [0.15, 0.2) is 0 Å². The van der Waals surface area contributed by atoms with Crippen molar-refractivity contribution in [3.05, 3.63) is 16.1 Å². The first kappa shape index (κ1) is 11.5. The maximum absolute atomic E-state index is 11.8. The van der Waals surface area contributed by atoms with Crippen LogP contribution >= 0.6 is 11.3 Å². The Morgan fingerprint density at radius 1 is 1.69 bits per heavy atom. The summed E-state index contributed by atoms with van der Waals surface area (Å²) in [4.78, 5) is 16.0. The number of hydrogen-bond donors (Lipinski definition) is 2. The maximum atomic E-state index is 11.8. The molecule has 0 saturated heterocycles. The second kappa shape index (κ2) is 4.93. The number of nitrogens with zero attached hydrogens (tertiary/aromatic N) is 1. The number of nitrogens with one attached hydrogen (secondary N) is 1. The third-order valence-corrected chi connectivity index (χ3v) is 3.86. The molecule has 1 fully saturated rings. The lowest BCUT2D eigenvalue weighted by atomic mass is 10.1. The van der Waals surface area contributed by atoms with Crippen LogP contribution < -0.4 is 11.1 Å². The molecule has 0 spiro atoms. The highest BCUT2D eigenvalue weighted by Gasteiger charge is 2.23. The van der Waals surface area contributed by atoms with Gasteiger partial charge in [0.05, 0.1) is 0 Å². The molecule has 4 nitrogen and oxygen atoms in total. The first-order chi connectivity index (χ1) is 7.69. The summed E-state index contributed by atoms with van der Waals surface area (Å²) >= 11 is 1.44. The van der Waals surface area contributed by atoms with Crippen molar-refractivity contribution in [2.45, 2.75) is 38.8 Å². The van der Waals surface area contributed by atoms with Gasteiger partial charge in [0.25, 0.3) is 5.91 Å². The number of carbonyl (C=O) groups excluding carboxylic acids is 1. The van der Waals surface area contributed by atoms with Crippen LogP contribution in [0.15, 0.2) is 5.38 Å². The molecule has 1 aromatic rings. The van der Waals surface area contributed by atoms with E-state index in [1.807, 2.05) is 0 Å². The number of thiazole rings is 1. The molecular weight excluding hydrogens is 222 g/mol. The van der Waals surface area contributed by atoms with Crippen LogP contribution in [-0.2, 0) is 6.54 Å². The highest BCUT2D eigenvalue weighted by molar-refractivity contribution is 7.09. The van der Waals surface area contributed by atoms with Crippen LogP contribution in [0.3, 0.4) is 0 Å². The van der Waals surface area contributed by atoms with Crippen molar-refractivity contribution >= 4 is 17.2 Å². The van der Waals surface area contributed by atoms with Crippen LogP contribution in [0.1, 0.15) is 41.7 Å². The quantitative estimate of drug-likeness (QED) is 0.840. The molecule has 2 atom stereocenters. The SMILES string of the molecule is CC1CCC(NC(=O)c2csc(CN)n2)C1.